The third kappa shape index (κ3) is 3.86. The molecule has 6 heteroatoms. The summed E-state index contributed by atoms with van der Waals surface area (Å²) in [6.45, 7) is 2.90. The van der Waals surface area contributed by atoms with Crippen molar-refractivity contribution < 1.29 is 9.47 Å². The van der Waals surface area contributed by atoms with Gasteiger partial charge in [-0.25, -0.2) is 0 Å². The van der Waals surface area contributed by atoms with Crippen molar-refractivity contribution in [3.63, 3.8) is 0 Å². The Morgan fingerprint density at radius 1 is 1.11 bits per heavy atom. The fourth-order valence-electron chi connectivity index (χ4n) is 5.59. The van der Waals surface area contributed by atoms with Gasteiger partial charge in [0, 0.05) is 44.1 Å². The van der Waals surface area contributed by atoms with E-state index in [4.69, 9.17) is 9.47 Å². The Morgan fingerprint density at radius 3 is 2.46 bits per heavy atom. The summed E-state index contributed by atoms with van der Waals surface area (Å²) in [7, 11) is 1.89. The number of benzene rings is 1. The van der Waals surface area contributed by atoms with Gasteiger partial charge in [-0.2, -0.15) is 0 Å². The van der Waals surface area contributed by atoms with Gasteiger partial charge in [-0.1, -0.05) is 18.2 Å². The van der Waals surface area contributed by atoms with Gasteiger partial charge < -0.3 is 19.7 Å². The topological polar surface area (TPSA) is 46.1 Å². The molecule has 0 amide bonds. The summed E-state index contributed by atoms with van der Waals surface area (Å²) in [5.74, 6) is 3.43. The molecular formula is C22H32IN3O2. The van der Waals surface area contributed by atoms with Crippen LogP contribution in [0.2, 0.25) is 0 Å². The molecule has 1 saturated carbocycles. The molecule has 0 spiro atoms. The Labute approximate surface area is 185 Å². The average molecular weight is 497 g/mol. The van der Waals surface area contributed by atoms with Crippen LogP contribution in [0.25, 0.3) is 0 Å². The SMILES string of the molecule is CN=C(NCc1ccccc1OC1CCCC1)N1CC2C3CCC(O3)C2C1.I. The molecule has 2 bridgehead atoms. The number of aliphatic imine (C=N–C) groups is 1. The number of rotatable bonds is 4. The first-order valence-electron chi connectivity index (χ1n) is 10.7. The second-order valence-electron chi connectivity index (χ2n) is 8.56. The molecule has 28 heavy (non-hydrogen) atoms. The van der Waals surface area contributed by atoms with E-state index in [9.17, 15) is 0 Å². The molecule has 3 aliphatic heterocycles. The van der Waals surface area contributed by atoms with Crippen LogP contribution in [0.5, 0.6) is 5.75 Å². The van der Waals surface area contributed by atoms with Gasteiger partial charge >= 0.3 is 0 Å². The first-order valence-corrected chi connectivity index (χ1v) is 10.7. The number of fused-ring (bicyclic) bond motifs is 5. The standard InChI is InChI=1S/C22H31N3O2.HI/c1-23-22(25-13-17-18(14-25)21-11-10-20(17)27-21)24-12-15-6-2-5-9-19(15)26-16-7-3-4-8-16;/h2,5-6,9,16-18,20-21H,3-4,7-8,10-14H2,1H3,(H,23,24);1H. The van der Waals surface area contributed by atoms with E-state index in [1.54, 1.807) is 0 Å². The molecule has 1 aromatic rings. The lowest BCUT2D eigenvalue weighted by Crippen LogP contribution is -2.41. The molecular weight excluding hydrogens is 465 g/mol. The Hall–Kier alpha value is -1.02. The number of halogens is 1. The maximum Gasteiger partial charge on any atom is 0.193 e. The minimum atomic E-state index is 0. The second-order valence-corrected chi connectivity index (χ2v) is 8.56. The van der Waals surface area contributed by atoms with Crippen molar-refractivity contribution >= 4 is 29.9 Å². The van der Waals surface area contributed by atoms with Crippen LogP contribution >= 0.6 is 24.0 Å². The predicted molar refractivity (Wildman–Crippen MR) is 121 cm³/mol. The highest BCUT2D eigenvalue weighted by Crippen LogP contribution is 2.47. The van der Waals surface area contributed by atoms with Crippen LogP contribution in [0.1, 0.15) is 44.1 Å². The molecule has 1 N–H and O–H groups in total. The van der Waals surface area contributed by atoms with Crippen LogP contribution in [0, 0.1) is 11.8 Å². The van der Waals surface area contributed by atoms with E-state index < -0.39 is 0 Å². The van der Waals surface area contributed by atoms with Crippen molar-refractivity contribution in [3.05, 3.63) is 29.8 Å². The lowest BCUT2D eigenvalue weighted by Gasteiger charge is -2.24. The van der Waals surface area contributed by atoms with Crippen LogP contribution in [-0.2, 0) is 11.3 Å². The third-order valence-corrected chi connectivity index (χ3v) is 6.97. The molecule has 3 heterocycles. The third-order valence-electron chi connectivity index (χ3n) is 6.97. The molecule has 5 rings (SSSR count). The fraction of sp³-hybridized carbons (Fsp3) is 0.682. The van der Waals surface area contributed by atoms with Crippen molar-refractivity contribution in [1.82, 2.24) is 10.2 Å². The monoisotopic (exact) mass is 497 g/mol. The summed E-state index contributed by atoms with van der Waals surface area (Å²) < 4.78 is 12.4. The number of hydrogen-bond donors (Lipinski definition) is 1. The average Bonchev–Trinajstić information content (AvgIpc) is 3.46. The van der Waals surface area contributed by atoms with Gasteiger partial charge in [-0.05, 0) is 44.6 Å². The molecule has 4 unspecified atom stereocenters. The number of likely N-dealkylation sites (tertiary alicyclic amines) is 1. The number of guanidine groups is 1. The highest BCUT2D eigenvalue weighted by molar-refractivity contribution is 14.0. The largest absolute Gasteiger partial charge is 0.490 e. The molecule has 5 nitrogen and oxygen atoms in total. The Morgan fingerprint density at radius 2 is 1.79 bits per heavy atom. The van der Waals surface area contributed by atoms with E-state index >= 15 is 0 Å². The van der Waals surface area contributed by atoms with Gasteiger partial charge in [0.1, 0.15) is 5.75 Å². The van der Waals surface area contributed by atoms with Gasteiger partial charge in [0.15, 0.2) is 5.96 Å². The molecule has 1 aliphatic carbocycles. The van der Waals surface area contributed by atoms with E-state index in [-0.39, 0.29) is 24.0 Å². The minimum absolute atomic E-state index is 0. The number of nitrogens with one attached hydrogen (secondary N) is 1. The summed E-state index contributed by atoms with van der Waals surface area (Å²) in [6, 6.07) is 8.43. The van der Waals surface area contributed by atoms with Crippen LogP contribution in [0.15, 0.2) is 29.3 Å². The molecule has 154 valence electrons. The number of hydrogen-bond acceptors (Lipinski definition) is 3. The smallest absolute Gasteiger partial charge is 0.193 e. The molecule has 0 radical (unpaired) electrons. The number of ether oxygens (including phenoxy) is 2. The maximum absolute atomic E-state index is 6.28. The Balaban J connectivity index is 0.00000192. The minimum Gasteiger partial charge on any atom is -0.490 e. The summed E-state index contributed by atoms with van der Waals surface area (Å²) in [5, 5.41) is 3.59. The lowest BCUT2D eigenvalue weighted by atomic mass is 9.82. The highest BCUT2D eigenvalue weighted by atomic mass is 127. The van der Waals surface area contributed by atoms with Crippen LogP contribution in [-0.4, -0.2) is 49.3 Å². The van der Waals surface area contributed by atoms with Gasteiger partial charge in [-0.15, -0.1) is 24.0 Å². The number of nitrogens with zero attached hydrogens (tertiary/aromatic N) is 2. The first kappa shape index (κ1) is 20.3. The molecule has 4 aliphatic rings. The zero-order chi connectivity index (χ0) is 18.2. The van der Waals surface area contributed by atoms with Gasteiger partial charge in [0.2, 0.25) is 0 Å². The Bertz CT molecular complexity index is 689. The first-order chi connectivity index (χ1) is 13.3. The van der Waals surface area contributed by atoms with E-state index in [0.717, 1.165) is 31.3 Å². The van der Waals surface area contributed by atoms with Crippen molar-refractivity contribution in [1.29, 1.82) is 0 Å². The normalized spacial score (nSPS) is 31.8. The molecule has 4 atom stereocenters. The van der Waals surface area contributed by atoms with Crippen molar-refractivity contribution in [3.8, 4) is 5.75 Å². The van der Waals surface area contributed by atoms with Gasteiger partial charge in [-0.3, -0.25) is 4.99 Å². The molecule has 3 saturated heterocycles. The van der Waals surface area contributed by atoms with Crippen molar-refractivity contribution in [2.45, 2.75) is 63.4 Å². The van der Waals surface area contributed by atoms with Crippen LogP contribution < -0.4 is 10.1 Å². The predicted octanol–water partition coefficient (Wildman–Crippen LogP) is 3.81. The molecule has 4 fully saturated rings. The quantitative estimate of drug-likeness (QED) is 0.391. The fourth-order valence-corrected chi connectivity index (χ4v) is 5.59. The van der Waals surface area contributed by atoms with E-state index in [1.165, 1.54) is 44.1 Å². The van der Waals surface area contributed by atoms with E-state index in [1.807, 2.05) is 7.05 Å². The second kappa shape index (κ2) is 8.78. The highest BCUT2D eigenvalue weighted by Gasteiger charge is 2.53. The molecule has 1 aromatic carbocycles. The van der Waals surface area contributed by atoms with Gasteiger partial charge in [0.25, 0.3) is 0 Å². The van der Waals surface area contributed by atoms with Crippen LogP contribution in [0.3, 0.4) is 0 Å². The van der Waals surface area contributed by atoms with Crippen molar-refractivity contribution in [2.75, 3.05) is 20.1 Å². The van der Waals surface area contributed by atoms with Crippen molar-refractivity contribution in [2.24, 2.45) is 16.8 Å². The summed E-state index contributed by atoms with van der Waals surface area (Å²) in [5.41, 5.74) is 1.22. The van der Waals surface area contributed by atoms with E-state index in [2.05, 4.69) is 39.5 Å². The van der Waals surface area contributed by atoms with E-state index in [0.29, 0.717) is 30.1 Å². The number of para-hydroxylation sites is 1. The summed E-state index contributed by atoms with van der Waals surface area (Å²) >= 11 is 0. The van der Waals surface area contributed by atoms with Gasteiger partial charge in [0.05, 0.1) is 18.3 Å². The zero-order valence-corrected chi connectivity index (χ0v) is 19.0. The summed E-state index contributed by atoms with van der Waals surface area (Å²) in [6.07, 6.45) is 8.82. The Kier molecular flexibility index (Phi) is 6.35. The zero-order valence-electron chi connectivity index (χ0n) is 16.7. The molecule has 0 aromatic heterocycles. The summed E-state index contributed by atoms with van der Waals surface area (Å²) in [4.78, 5) is 7.00. The lowest BCUT2D eigenvalue weighted by molar-refractivity contribution is 0.0767. The maximum atomic E-state index is 6.28. The van der Waals surface area contributed by atoms with Crippen LogP contribution in [0.4, 0.5) is 0 Å².